The van der Waals surface area contributed by atoms with Gasteiger partial charge in [0, 0.05) is 4.88 Å². The summed E-state index contributed by atoms with van der Waals surface area (Å²) in [5.41, 5.74) is 0.369. The third-order valence-electron chi connectivity index (χ3n) is 4.26. The highest BCUT2D eigenvalue weighted by molar-refractivity contribution is 9.11. The molecule has 1 aliphatic carbocycles. The largest absolute Gasteiger partial charge is 0.393 e. The van der Waals surface area contributed by atoms with Crippen LogP contribution in [0.3, 0.4) is 0 Å². The van der Waals surface area contributed by atoms with E-state index in [1.165, 1.54) is 21.5 Å². The van der Waals surface area contributed by atoms with Crippen LogP contribution in [0, 0.1) is 17.3 Å². The van der Waals surface area contributed by atoms with Crippen LogP contribution in [0.1, 0.15) is 44.9 Å². The molecule has 1 fully saturated rings. The molecule has 0 aliphatic heterocycles. The highest BCUT2D eigenvalue weighted by Crippen LogP contribution is 2.41. The van der Waals surface area contributed by atoms with E-state index in [1.54, 1.807) is 11.3 Å². The van der Waals surface area contributed by atoms with Gasteiger partial charge in [0.25, 0.3) is 0 Å². The van der Waals surface area contributed by atoms with Crippen molar-refractivity contribution in [2.24, 2.45) is 17.3 Å². The number of halogens is 1. The van der Waals surface area contributed by atoms with Crippen LogP contribution >= 0.6 is 27.3 Å². The van der Waals surface area contributed by atoms with Gasteiger partial charge in [0.15, 0.2) is 0 Å². The zero-order chi connectivity index (χ0) is 13.3. The molecule has 1 aliphatic rings. The Morgan fingerprint density at radius 3 is 2.61 bits per heavy atom. The summed E-state index contributed by atoms with van der Waals surface area (Å²) in [4.78, 5) is 1.39. The predicted octanol–water partition coefficient (Wildman–Crippen LogP) is 4.88. The maximum Gasteiger partial charge on any atom is 0.0701 e. The molecule has 3 unspecified atom stereocenters. The van der Waals surface area contributed by atoms with Gasteiger partial charge in [0.05, 0.1) is 9.89 Å². The SMILES string of the molecule is CC(C)(C)C1CCC(O)C(Cc2ccc(Br)s2)C1. The Labute approximate surface area is 123 Å². The summed E-state index contributed by atoms with van der Waals surface area (Å²) in [6.45, 7) is 6.98. The molecule has 0 aromatic carbocycles. The van der Waals surface area contributed by atoms with Gasteiger partial charge in [-0.3, -0.25) is 0 Å². The molecule has 18 heavy (non-hydrogen) atoms. The number of hydrogen-bond acceptors (Lipinski definition) is 2. The van der Waals surface area contributed by atoms with Crippen LogP contribution in [-0.4, -0.2) is 11.2 Å². The lowest BCUT2D eigenvalue weighted by molar-refractivity contribution is 0.0199. The minimum Gasteiger partial charge on any atom is -0.393 e. The maximum absolute atomic E-state index is 10.2. The van der Waals surface area contributed by atoms with Gasteiger partial charge in [-0.15, -0.1) is 11.3 Å². The van der Waals surface area contributed by atoms with Gasteiger partial charge < -0.3 is 5.11 Å². The number of aliphatic hydroxyl groups excluding tert-OH is 1. The van der Waals surface area contributed by atoms with Crippen molar-refractivity contribution in [2.75, 3.05) is 0 Å². The van der Waals surface area contributed by atoms with Crippen LogP contribution in [0.2, 0.25) is 0 Å². The highest BCUT2D eigenvalue weighted by atomic mass is 79.9. The summed E-state index contributed by atoms with van der Waals surface area (Å²) in [5.74, 6) is 1.18. The first-order valence-electron chi connectivity index (χ1n) is 6.78. The average molecular weight is 331 g/mol. The number of thiophene rings is 1. The summed E-state index contributed by atoms with van der Waals surface area (Å²) in [6.07, 6.45) is 4.24. The third-order valence-corrected chi connectivity index (χ3v) is 5.91. The molecule has 1 nitrogen and oxygen atoms in total. The molecule has 1 heterocycles. The van der Waals surface area contributed by atoms with E-state index in [-0.39, 0.29) is 6.10 Å². The van der Waals surface area contributed by atoms with Crippen LogP contribution in [0.5, 0.6) is 0 Å². The van der Waals surface area contributed by atoms with E-state index >= 15 is 0 Å². The molecular weight excluding hydrogens is 308 g/mol. The Morgan fingerprint density at radius 1 is 1.33 bits per heavy atom. The molecule has 0 saturated heterocycles. The van der Waals surface area contributed by atoms with Crippen molar-refractivity contribution in [1.29, 1.82) is 0 Å². The second kappa shape index (κ2) is 5.64. The van der Waals surface area contributed by atoms with E-state index < -0.39 is 0 Å². The predicted molar refractivity (Wildman–Crippen MR) is 82.0 cm³/mol. The summed E-state index contributed by atoms with van der Waals surface area (Å²) < 4.78 is 1.19. The highest BCUT2D eigenvalue weighted by Gasteiger charge is 2.35. The fourth-order valence-electron chi connectivity index (χ4n) is 2.97. The van der Waals surface area contributed by atoms with Crippen molar-refractivity contribution >= 4 is 27.3 Å². The lowest BCUT2D eigenvalue weighted by Crippen LogP contribution is -2.35. The van der Waals surface area contributed by atoms with Gasteiger partial charge in [-0.2, -0.15) is 0 Å². The average Bonchev–Trinajstić information content (AvgIpc) is 2.66. The molecule has 0 spiro atoms. The van der Waals surface area contributed by atoms with Gasteiger partial charge >= 0.3 is 0 Å². The van der Waals surface area contributed by atoms with Crippen LogP contribution in [0.25, 0.3) is 0 Å². The first kappa shape index (κ1) is 14.5. The van der Waals surface area contributed by atoms with Crippen molar-refractivity contribution in [1.82, 2.24) is 0 Å². The second-order valence-electron chi connectivity index (χ2n) is 6.61. The fourth-order valence-corrected chi connectivity index (χ4v) is 4.55. The standard InChI is InChI=1S/C15H23BrOS/c1-15(2,3)11-4-6-13(17)10(8-11)9-12-5-7-14(16)18-12/h5,7,10-11,13,17H,4,6,8-9H2,1-3H3. The molecule has 2 rings (SSSR count). The van der Waals surface area contributed by atoms with Crippen molar-refractivity contribution in [2.45, 2.75) is 52.6 Å². The van der Waals surface area contributed by atoms with Gasteiger partial charge in [0.1, 0.15) is 0 Å². The number of rotatable bonds is 2. The molecular formula is C15H23BrOS. The van der Waals surface area contributed by atoms with E-state index in [2.05, 4.69) is 48.8 Å². The Kier molecular flexibility index (Phi) is 4.56. The normalized spacial score (nSPS) is 29.5. The van der Waals surface area contributed by atoms with E-state index in [1.807, 2.05) is 0 Å². The van der Waals surface area contributed by atoms with E-state index in [9.17, 15) is 5.11 Å². The topological polar surface area (TPSA) is 20.2 Å². The number of aliphatic hydroxyl groups is 1. The van der Waals surface area contributed by atoms with Gasteiger partial charge in [-0.1, -0.05) is 20.8 Å². The Hall–Kier alpha value is 0.140. The molecule has 1 aromatic rings. The summed E-state index contributed by atoms with van der Waals surface area (Å²) in [7, 11) is 0. The molecule has 3 atom stereocenters. The van der Waals surface area contributed by atoms with E-state index in [0.717, 1.165) is 18.8 Å². The summed E-state index contributed by atoms with van der Waals surface area (Å²) in [5, 5.41) is 10.2. The zero-order valence-electron chi connectivity index (χ0n) is 11.4. The van der Waals surface area contributed by atoms with Gasteiger partial charge in [0.2, 0.25) is 0 Å². The van der Waals surface area contributed by atoms with Crippen molar-refractivity contribution in [3.05, 3.63) is 20.8 Å². The lowest BCUT2D eigenvalue weighted by atomic mass is 9.67. The van der Waals surface area contributed by atoms with Crippen molar-refractivity contribution < 1.29 is 5.11 Å². The van der Waals surface area contributed by atoms with Crippen molar-refractivity contribution in [3.8, 4) is 0 Å². The Balaban J connectivity index is 2.02. The molecule has 0 bridgehead atoms. The first-order valence-corrected chi connectivity index (χ1v) is 8.39. The van der Waals surface area contributed by atoms with E-state index in [4.69, 9.17) is 0 Å². The molecule has 3 heteroatoms. The van der Waals surface area contributed by atoms with Gasteiger partial charge in [-0.05, 0) is 71.0 Å². The van der Waals surface area contributed by atoms with Crippen LogP contribution < -0.4 is 0 Å². The van der Waals surface area contributed by atoms with Crippen LogP contribution in [0.15, 0.2) is 15.9 Å². The Bertz CT molecular complexity index is 393. The summed E-state index contributed by atoms with van der Waals surface area (Å²) in [6, 6.07) is 4.29. The molecule has 1 saturated carbocycles. The van der Waals surface area contributed by atoms with Crippen LogP contribution in [-0.2, 0) is 6.42 Å². The minimum atomic E-state index is -0.107. The molecule has 0 radical (unpaired) electrons. The maximum atomic E-state index is 10.2. The Morgan fingerprint density at radius 2 is 2.06 bits per heavy atom. The van der Waals surface area contributed by atoms with Crippen molar-refractivity contribution in [3.63, 3.8) is 0 Å². The minimum absolute atomic E-state index is 0.107. The van der Waals surface area contributed by atoms with Gasteiger partial charge in [-0.25, -0.2) is 0 Å². The lowest BCUT2D eigenvalue weighted by Gasteiger charge is -2.40. The quantitative estimate of drug-likeness (QED) is 0.819. The third kappa shape index (κ3) is 3.58. The fraction of sp³-hybridized carbons (Fsp3) is 0.733. The summed E-state index contributed by atoms with van der Waals surface area (Å²) >= 11 is 5.31. The molecule has 1 aromatic heterocycles. The number of hydrogen-bond donors (Lipinski definition) is 1. The zero-order valence-corrected chi connectivity index (χ0v) is 13.9. The first-order chi connectivity index (χ1) is 8.36. The molecule has 102 valence electrons. The van der Waals surface area contributed by atoms with E-state index in [0.29, 0.717) is 11.3 Å². The smallest absolute Gasteiger partial charge is 0.0701 e. The molecule has 1 N–H and O–H groups in total. The monoisotopic (exact) mass is 330 g/mol. The molecule has 0 amide bonds. The second-order valence-corrected chi connectivity index (χ2v) is 9.16. The van der Waals surface area contributed by atoms with Crippen LogP contribution in [0.4, 0.5) is 0 Å².